The first-order chi connectivity index (χ1) is 5.08. The Hall–Kier alpha value is -0.0505. The molecule has 0 spiro atoms. The van der Waals surface area contributed by atoms with E-state index in [-0.39, 0.29) is 17.1 Å². The van der Waals surface area contributed by atoms with Crippen molar-refractivity contribution < 1.29 is 27.0 Å². The summed E-state index contributed by atoms with van der Waals surface area (Å²) in [5.74, 6) is -1.08. The van der Waals surface area contributed by atoms with Gasteiger partial charge in [-0.1, -0.05) is 20.8 Å². The van der Waals surface area contributed by atoms with Crippen LogP contribution >= 0.6 is 0 Å². The number of rotatable bonds is 3. The zero-order chi connectivity index (χ0) is 9.28. The van der Waals surface area contributed by atoms with E-state index in [4.69, 9.17) is 9.90 Å². The van der Waals surface area contributed by atoms with E-state index in [2.05, 4.69) is 25.7 Å². The molecule has 0 aromatic rings. The number of hydrogen-bond donors (Lipinski definition) is 0. The van der Waals surface area contributed by atoms with E-state index in [0.29, 0.717) is 0 Å². The van der Waals surface area contributed by atoms with Crippen LogP contribution in [0.5, 0.6) is 0 Å². The molecule has 0 aliphatic rings. The largest absolute Gasteiger partial charge is 1.00 e. The van der Waals surface area contributed by atoms with Gasteiger partial charge in [0.2, 0.25) is 0 Å². The molecule has 0 bridgehead atoms. The van der Waals surface area contributed by atoms with Crippen LogP contribution in [0, 0.1) is 0 Å². The van der Waals surface area contributed by atoms with Gasteiger partial charge in [0.15, 0.2) is 0 Å². The summed E-state index contributed by atoms with van der Waals surface area (Å²) in [6.45, 7) is 11.1. The van der Waals surface area contributed by atoms with Gasteiger partial charge in [0, 0.05) is 5.97 Å². The predicted octanol–water partition coefficient (Wildman–Crippen LogP) is 0.102. The van der Waals surface area contributed by atoms with E-state index in [9.17, 15) is 0 Å². The molecule has 0 radical (unpaired) electrons. The van der Waals surface area contributed by atoms with Crippen molar-refractivity contribution in [1.29, 1.82) is 0 Å². The van der Waals surface area contributed by atoms with Crippen molar-refractivity contribution in [3.05, 3.63) is 0 Å². The van der Waals surface area contributed by atoms with E-state index in [1.165, 1.54) is 19.6 Å². The quantitative estimate of drug-likeness (QED) is 0.638. The molecule has 0 rings (SSSR count). The molecule has 0 aromatic carbocycles. The molecule has 0 aromatic heterocycles. The summed E-state index contributed by atoms with van der Waals surface area (Å²) in [7, 11) is 0. The van der Waals surface area contributed by atoms with Gasteiger partial charge in [0.25, 0.3) is 0 Å². The summed E-state index contributed by atoms with van der Waals surface area (Å²) in [5.41, 5.74) is 0. The summed E-state index contributed by atoms with van der Waals surface area (Å²) in [4.78, 5) is 11.3. The molecule has 78 valence electrons. The SMILES string of the molecule is CC(=O)[O-].CCN(CC)CC.[Cu+]. The van der Waals surface area contributed by atoms with Crippen LogP contribution in [0.25, 0.3) is 0 Å². The predicted molar refractivity (Wildman–Crippen MR) is 44.1 cm³/mol. The molecule has 0 aliphatic heterocycles. The average Bonchev–Trinajstić information content (AvgIpc) is 1.90. The van der Waals surface area contributed by atoms with Crippen LogP contribution in [0.15, 0.2) is 0 Å². The Morgan fingerprint density at radius 3 is 1.33 bits per heavy atom. The number of nitrogens with zero attached hydrogens (tertiary/aromatic N) is 1. The molecule has 0 saturated heterocycles. The number of carbonyl (C=O) groups is 1. The first-order valence-corrected chi connectivity index (χ1v) is 3.98. The second-order valence-electron chi connectivity index (χ2n) is 2.11. The van der Waals surface area contributed by atoms with E-state index < -0.39 is 5.97 Å². The molecule has 0 atom stereocenters. The maximum atomic E-state index is 8.89. The smallest absolute Gasteiger partial charge is 0.550 e. The van der Waals surface area contributed by atoms with Gasteiger partial charge < -0.3 is 14.8 Å². The fourth-order valence-electron chi connectivity index (χ4n) is 0.671. The standard InChI is InChI=1S/C6H15N.C2H4O2.Cu/c1-4-7(5-2)6-3;1-2(3)4;/h4-6H2,1-3H3;1H3,(H,3,4);/q;;+1/p-1. The van der Waals surface area contributed by atoms with Crippen LogP contribution in [-0.4, -0.2) is 30.5 Å². The average molecular weight is 224 g/mol. The molecule has 0 fully saturated rings. The Morgan fingerprint density at radius 2 is 1.33 bits per heavy atom. The van der Waals surface area contributed by atoms with Gasteiger partial charge in [-0.2, -0.15) is 0 Å². The van der Waals surface area contributed by atoms with Crippen LogP contribution in [0.1, 0.15) is 27.7 Å². The summed E-state index contributed by atoms with van der Waals surface area (Å²) >= 11 is 0. The third-order valence-electron chi connectivity index (χ3n) is 1.34. The Bertz CT molecular complexity index is 85.5. The zero-order valence-corrected chi connectivity index (χ0v) is 9.13. The Kier molecular flexibility index (Phi) is 20.2. The minimum absolute atomic E-state index is 0. The third kappa shape index (κ3) is 22.5. The van der Waals surface area contributed by atoms with Gasteiger partial charge in [-0.3, -0.25) is 0 Å². The Balaban J connectivity index is -0.000000142. The van der Waals surface area contributed by atoms with Gasteiger partial charge in [0.05, 0.1) is 0 Å². The maximum Gasteiger partial charge on any atom is 1.00 e. The van der Waals surface area contributed by atoms with E-state index >= 15 is 0 Å². The molecule has 12 heavy (non-hydrogen) atoms. The Labute approximate surface area is 85.6 Å². The first-order valence-electron chi connectivity index (χ1n) is 3.98. The van der Waals surface area contributed by atoms with E-state index in [0.717, 1.165) is 6.92 Å². The number of carboxylic acids is 1. The van der Waals surface area contributed by atoms with Crippen molar-refractivity contribution in [1.82, 2.24) is 4.90 Å². The van der Waals surface area contributed by atoms with Crippen LogP contribution in [-0.2, 0) is 21.9 Å². The summed E-state index contributed by atoms with van der Waals surface area (Å²) in [6.07, 6.45) is 0. The van der Waals surface area contributed by atoms with Crippen LogP contribution in [0.4, 0.5) is 0 Å². The number of hydrogen-bond acceptors (Lipinski definition) is 3. The summed E-state index contributed by atoms with van der Waals surface area (Å²) < 4.78 is 0. The van der Waals surface area contributed by atoms with Gasteiger partial charge in [-0.15, -0.1) is 0 Å². The van der Waals surface area contributed by atoms with Crippen molar-refractivity contribution in [3.63, 3.8) is 0 Å². The molecule has 0 saturated carbocycles. The van der Waals surface area contributed by atoms with Crippen LogP contribution < -0.4 is 5.11 Å². The van der Waals surface area contributed by atoms with E-state index in [1.807, 2.05) is 0 Å². The van der Waals surface area contributed by atoms with Crippen molar-refractivity contribution >= 4 is 5.97 Å². The van der Waals surface area contributed by atoms with Gasteiger partial charge in [-0.05, 0) is 26.6 Å². The number of carboxylic acid groups (broad SMARTS) is 1. The monoisotopic (exact) mass is 223 g/mol. The van der Waals surface area contributed by atoms with Gasteiger partial charge in [0.1, 0.15) is 0 Å². The molecular weight excluding hydrogens is 206 g/mol. The summed E-state index contributed by atoms with van der Waals surface area (Å²) in [5, 5.41) is 8.89. The summed E-state index contributed by atoms with van der Waals surface area (Å²) in [6, 6.07) is 0. The fraction of sp³-hybridized carbons (Fsp3) is 0.875. The Morgan fingerprint density at radius 1 is 1.17 bits per heavy atom. The van der Waals surface area contributed by atoms with Crippen molar-refractivity contribution in [2.24, 2.45) is 0 Å². The molecule has 0 unspecified atom stereocenters. The van der Waals surface area contributed by atoms with Crippen LogP contribution in [0.2, 0.25) is 0 Å². The second-order valence-corrected chi connectivity index (χ2v) is 2.11. The number of carbonyl (C=O) groups excluding carboxylic acids is 1. The van der Waals surface area contributed by atoms with E-state index in [1.54, 1.807) is 0 Å². The fourth-order valence-corrected chi connectivity index (χ4v) is 0.671. The third-order valence-corrected chi connectivity index (χ3v) is 1.34. The van der Waals surface area contributed by atoms with Crippen LogP contribution in [0.3, 0.4) is 0 Å². The molecular formula is C8H18CuNO2. The molecule has 4 heteroatoms. The first kappa shape index (κ1) is 17.9. The van der Waals surface area contributed by atoms with Gasteiger partial charge >= 0.3 is 17.1 Å². The molecule has 3 nitrogen and oxygen atoms in total. The minimum atomic E-state index is -1.08. The minimum Gasteiger partial charge on any atom is -0.550 e. The molecule has 0 N–H and O–H groups in total. The van der Waals surface area contributed by atoms with Crippen molar-refractivity contribution in [3.8, 4) is 0 Å². The van der Waals surface area contributed by atoms with Crippen molar-refractivity contribution in [2.75, 3.05) is 19.6 Å². The normalized spacial score (nSPS) is 8.08. The van der Waals surface area contributed by atoms with Gasteiger partial charge in [-0.25, -0.2) is 0 Å². The molecule has 0 amide bonds. The van der Waals surface area contributed by atoms with Crippen molar-refractivity contribution in [2.45, 2.75) is 27.7 Å². The maximum absolute atomic E-state index is 8.89. The molecule has 0 aliphatic carbocycles. The zero-order valence-electron chi connectivity index (χ0n) is 8.19. The number of aliphatic carboxylic acids is 1. The molecule has 0 heterocycles. The topological polar surface area (TPSA) is 43.4 Å². The second kappa shape index (κ2) is 13.5.